The fourth-order valence-electron chi connectivity index (χ4n) is 3.23. The molecule has 1 aliphatic rings. The van der Waals surface area contributed by atoms with Crippen molar-refractivity contribution in [2.45, 2.75) is 12.4 Å². The van der Waals surface area contributed by atoms with Gasteiger partial charge in [0.05, 0.1) is 11.7 Å². The fraction of sp³-hybridized carbons (Fsp3) is 0.333. The van der Waals surface area contributed by atoms with Crippen LogP contribution < -0.4 is 15.8 Å². The van der Waals surface area contributed by atoms with Crippen LogP contribution in [0.1, 0.15) is 17.2 Å². The van der Waals surface area contributed by atoms with Crippen molar-refractivity contribution in [1.29, 1.82) is 0 Å². The second-order valence-electron chi connectivity index (χ2n) is 6.24. The molecule has 2 aromatic rings. The molecule has 1 saturated heterocycles. The maximum Gasteiger partial charge on any atom is 0.573 e. The molecule has 0 spiro atoms. The third-order valence-corrected chi connectivity index (χ3v) is 4.37. The van der Waals surface area contributed by atoms with Crippen molar-refractivity contribution in [1.82, 2.24) is 10.2 Å². The fourth-order valence-corrected chi connectivity index (χ4v) is 3.23. The molecule has 0 saturated carbocycles. The van der Waals surface area contributed by atoms with E-state index in [2.05, 4.69) is 10.1 Å². The van der Waals surface area contributed by atoms with Crippen LogP contribution in [0.2, 0.25) is 0 Å². The molecule has 0 aromatic heterocycles. The van der Waals surface area contributed by atoms with Gasteiger partial charge in [0.25, 0.3) is 0 Å². The molecule has 0 unspecified atom stereocenters. The van der Waals surface area contributed by atoms with Crippen molar-refractivity contribution < 1.29 is 27.4 Å². The molecular formula is C18H19F4N3O2. The normalized spacial score (nSPS) is 16.9. The number of alkyl halides is 3. The first-order chi connectivity index (χ1) is 12.7. The molecule has 5 nitrogen and oxygen atoms in total. The Morgan fingerprint density at radius 2 is 1.74 bits per heavy atom. The number of benzene rings is 2. The summed E-state index contributed by atoms with van der Waals surface area (Å²) in [6.07, 6.45) is -4.78. The number of nitrogens with two attached hydrogens (primary N) is 1. The summed E-state index contributed by atoms with van der Waals surface area (Å²) in [6, 6.07) is 6.97. The van der Waals surface area contributed by atoms with E-state index in [4.69, 9.17) is 5.73 Å². The highest BCUT2D eigenvalue weighted by Crippen LogP contribution is 2.38. The molecule has 1 atom stereocenters. The monoisotopic (exact) mass is 385 g/mol. The average Bonchev–Trinajstić information content (AvgIpc) is 2.60. The van der Waals surface area contributed by atoms with E-state index in [1.54, 1.807) is 0 Å². The van der Waals surface area contributed by atoms with Crippen molar-refractivity contribution >= 4 is 5.69 Å². The zero-order chi connectivity index (χ0) is 19.6. The lowest BCUT2D eigenvalue weighted by Gasteiger charge is -2.36. The molecule has 0 bridgehead atoms. The predicted octanol–water partition coefficient (Wildman–Crippen LogP) is 3.01. The maximum absolute atomic E-state index is 13.9. The Hall–Kier alpha value is -2.52. The number of anilines is 1. The Balaban J connectivity index is 2.00. The van der Waals surface area contributed by atoms with Crippen LogP contribution in [0.25, 0.3) is 0 Å². The summed E-state index contributed by atoms with van der Waals surface area (Å²) >= 11 is 0. The van der Waals surface area contributed by atoms with Crippen LogP contribution in [0.3, 0.4) is 0 Å². The summed E-state index contributed by atoms with van der Waals surface area (Å²) in [5.41, 5.74) is 6.45. The highest BCUT2D eigenvalue weighted by molar-refractivity contribution is 5.58. The molecule has 3 rings (SSSR count). The lowest BCUT2D eigenvalue weighted by atomic mass is 9.94. The minimum absolute atomic E-state index is 0.0952. The standard InChI is InChI=1S/C18H19F4N3O2/c19-12-9-14(17(26)15(23)10-12)16(25-7-5-24-6-8-25)11-1-3-13(4-2-11)27-18(20,21)22/h1-4,9-10,16,24,26H,5-8,23H2/t16-/m1/s1. The molecule has 0 radical (unpaired) electrons. The molecule has 4 N–H and O–H groups in total. The van der Waals surface area contributed by atoms with E-state index in [0.29, 0.717) is 31.7 Å². The van der Waals surface area contributed by atoms with Crippen molar-refractivity contribution in [2.24, 2.45) is 0 Å². The van der Waals surface area contributed by atoms with E-state index < -0.39 is 18.2 Å². The molecule has 2 aromatic carbocycles. The van der Waals surface area contributed by atoms with Crippen LogP contribution in [-0.4, -0.2) is 42.5 Å². The molecule has 0 aliphatic carbocycles. The zero-order valence-corrected chi connectivity index (χ0v) is 14.3. The van der Waals surface area contributed by atoms with Crippen LogP contribution >= 0.6 is 0 Å². The summed E-state index contributed by atoms with van der Waals surface area (Å²) in [5.74, 6) is -1.19. The Bertz CT molecular complexity index is 790. The Morgan fingerprint density at radius 1 is 1.11 bits per heavy atom. The number of hydrogen-bond acceptors (Lipinski definition) is 5. The average molecular weight is 385 g/mol. The third-order valence-electron chi connectivity index (χ3n) is 4.37. The van der Waals surface area contributed by atoms with Gasteiger partial charge in [0, 0.05) is 37.8 Å². The first-order valence-electron chi connectivity index (χ1n) is 8.33. The van der Waals surface area contributed by atoms with Crippen LogP contribution in [-0.2, 0) is 0 Å². The lowest BCUT2D eigenvalue weighted by Crippen LogP contribution is -2.45. The molecule has 27 heavy (non-hydrogen) atoms. The molecule has 1 fully saturated rings. The van der Waals surface area contributed by atoms with Gasteiger partial charge in [0.2, 0.25) is 0 Å². The van der Waals surface area contributed by atoms with Gasteiger partial charge in [-0.25, -0.2) is 4.39 Å². The van der Waals surface area contributed by atoms with E-state index in [0.717, 1.165) is 6.07 Å². The number of nitrogens with one attached hydrogen (secondary N) is 1. The molecule has 1 heterocycles. The Morgan fingerprint density at radius 3 is 2.33 bits per heavy atom. The molecule has 1 aliphatic heterocycles. The molecule has 146 valence electrons. The quantitative estimate of drug-likeness (QED) is 0.429. The molecular weight excluding hydrogens is 366 g/mol. The van der Waals surface area contributed by atoms with Gasteiger partial charge >= 0.3 is 6.36 Å². The largest absolute Gasteiger partial charge is 0.573 e. The van der Waals surface area contributed by atoms with E-state index in [1.165, 1.54) is 30.3 Å². The van der Waals surface area contributed by atoms with Crippen LogP contribution in [0.15, 0.2) is 36.4 Å². The summed E-state index contributed by atoms with van der Waals surface area (Å²) in [7, 11) is 0. The second kappa shape index (κ2) is 7.61. The lowest BCUT2D eigenvalue weighted by molar-refractivity contribution is -0.274. The number of phenolic OH excluding ortho intramolecular Hbond substituents is 1. The molecule has 0 amide bonds. The number of nitrogens with zero attached hydrogens (tertiary/aromatic N) is 1. The number of ether oxygens (including phenoxy) is 1. The maximum atomic E-state index is 13.9. The van der Waals surface area contributed by atoms with Gasteiger partial charge in [-0.1, -0.05) is 12.1 Å². The van der Waals surface area contributed by atoms with Crippen molar-refractivity contribution in [2.75, 3.05) is 31.9 Å². The topological polar surface area (TPSA) is 70.8 Å². The number of halogens is 4. The Kier molecular flexibility index (Phi) is 5.43. The van der Waals surface area contributed by atoms with Gasteiger partial charge in [-0.05, 0) is 23.8 Å². The number of nitrogen functional groups attached to an aromatic ring is 1. The van der Waals surface area contributed by atoms with Crippen molar-refractivity contribution in [3.63, 3.8) is 0 Å². The summed E-state index contributed by atoms with van der Waals surface area (Å²) < 4.78 is 54.9. The number of aromatic hydroxyl groups is 1. The SMILES string of the molecule is Nc1cc(F)cc([C@@H](c2ccc(OC(F)(F)F)cc2)N2CCNCC2)c1O. The highest BCUT2D eigenvalue weighted by Gasteiger charge is 2.32. The Labute approximate surface area is 153 Å². The van der Waals surface area contributed by atoms with E-state index in [9.17, 15) is 22.7 Å². The number of piperazine rings is 1. The minimum atomic E-state index is -4.78. The number of hydrogen-bond donors (Lipinski definition) is 3. The number of rotatable bonds is 4. The summed E-state index contributed by atoms with van der Waals surface area (Å²) in [5, 5.41) is 13.6. The van der Waals surface area contributed by atoms with Gasteiger partial charge < -0.3 is 20.9 Å². The summed E-state index contributed by atoms with van der Waals surface area (Å²) in [6.45, 7) is 2.61. The predicted molar refractivity (Wildman–Crippen MR) is 91.9 cm³/mol. The smallest absolute Gasteiger partial charge is 0.505 e. The van der Waals surface area contributed by atoms with Crippen molar-refractivity contribution in [3.05, 3.63) is 53.3 Å². The zero-order valence-electron chi connectivity index (χ0n) is 14.3. The van der Waals surface area contributed by atoms with Gasteiger partial charge in [-0.2, -0.15) is 0 Å². The van der Waals surface area contributed by atoms with Crippen LogP contribution in [0, 0.1) is 5.82 Å². The van der Waals surface area contributed by atoms with E-state index in [1.807, 2.05) is 4.90 Å². The first kappa shape index (κ1) is 19.2. The number of phenols is 1. The highest BCUT2D eigenvalue weighted by atomic mass is 19.4. The van der Waals surface area contributed by atoms with E-state index in [-0.39, 0.29) is 22.7 Å². The third kappa shape index (κ3) is 4.61. The van der Waals surface area contributed by atoms with Gasteiger partial charge in [0.15, 0.2) is 0 Å². The van der Waals surface area contributed by atoms with Gasteiger partial charge in [0.1, 0.15) is 17.3 Å². The van der Waals surface area contributed by atoms with Gasteiger partial charge in [-0.15, -0.1) is 13.2 Å². The van der Waals surface area contributed by atoms with E-state index >= 15 is 0 Å². The van der Waals surface area contributed by atoms with Crippen LogP contribution in [0.5, 0.6) is 11.5 Å². The minimum Gasteiger partial charge on any atom is -0.505 e. The van der Waals surface area contributed by atoms with Gasteiger partial charge in [-0.3, -0.25) is 4.90 Å². The first-order valence-corrected chi connectivity index (χ1v) is 8.33. The summed E-state index contributed by atoms with van der Waals surface area (Å²) in [4.78, 5) is 2.00. The second-order valence-corrected chi connectivity index (χ2v) is 6.24. The molecule has 9 heteroatoms. The van der Waals surface area contributed by atoms with Crippen LogP contribution in [0.4, 0.5) is 23.2 Å². The van der Waals surface area contributed by atoms with Crippen molar-refractivity contribution in [3.8, 4) is 11.5 Å².